The summed E-state index contributed by atoms with van der Waals surface area (Å²) in [4.78, 5) is 4.43. The fourth-order valence-electron chi connectivity index (χ4n) is 2.30. The molecule has 2 aromatic heterocycles. The van der Waals surface area contributed by atoms with Crippen LogP contribution in [-0.2, 0) is 0 Å². The van der Waals surface area contributed by atoms with E-state index in [0.29, 0.717) is 5.41 Å². The second-order valence-electron chi connectivity index (χ2n) is 4.88. The van der Waals surface area contributed by atoms with Crippen molar-refractivity contribution in [3.05, 3.63) is 23.7 Å². The number of fused-ring (bicyclic) bond motifs is 1. The van der Waals surface area contributed by atoms with Gasteiger partial charge in [-0.3, -0.25) is 0 Å². The summed E-state index contributed by atoms with van der Waals surface area (Å²) in [6.07, 6.45) is 5.61. The summed E-state index contributed by atoms with van der Waals surface area (Å²) < 4.78 is 1.30. The quantitative estimate of drug-likeness (QED) is 0.854. The summed E-state index contributed by atoms with van der Waals surface area (Å²) in [6.45, 7) is 1.80. The Morgan fingerprint density at radius 2 is 2.29 bits per heavy atom. The average Bonchev–Trinajstić information content (AvgIpc) is 2.92. The number of nitrogens with one attached hydrogen (secondary N) is 1. The molecule has 1 saturated carbocycles. The molecule has 0 radical (unpaired) electrons. The topological polar surface area (TPSA) is 50.9 Å². The minimum atomic E-state index is 0.453. The second kappa shape index (κ2) is 4.27. The Morgan fingerprint density at radius 1 is 1.41 bits per heavy atom. The molecule has 1 fully saturated rings. The zero-order chi connectivity index (χ0) is 11.7. The van der Waals surface area contributed by atoms with Gasteiger partial charge in [-0.05, 0) is 48.7 Å². The first-order valence-corrected chi connectivity index (χ1v) is 6.97. The Bertz CT molecular complexity index is 516. The maximum atomic E-state index is 5.66. The van der Waals surface area contributed by atoms with Crippen LogP contribution in [0.4, 0.5) is 5.82 Å². The molecule has 3 rings (SSSR count). The second-order valence-corrected chi connectivity index (χ2v) is 5.83. The monoisotopic (exact) mass is 247 g/mol. The van der Waals surface area contributed by atoms with E-state index in [-0.39, 0.29) is 0 Å². The molecule has 1 aliphatic carbocycles. The van der Waals surface area contributed by atoms with E-state index in [9.17, 15) is 0 Å². The molecule has 90 valence electrons. The van der Waals surface area contributed by atoms with E-state index in [1.54, 1.807) is 11.3 Å². The summed E-state index contributed by atoms with van der Waals surface area (Å²) in [5, 5.41) is 6.85. The molecule has 0 saturated heterocycles. The van der Waals surface area contributed by atoms with Crippen LogP contribution >= 0.6 is 11.3 Å². The molecule has 1 aliphatic rings. The minimum absolute atomic E-state index is 0.453. The zero-order valence-corrected chi connectivity index (χ0v) is 10.6. The molecule has 0 amide bonds. The Morgan fingerprint density at radius 3 is 3.06 bits per heavy atom. The summed E-state index contributed by atoms with van der Waals surface area (Å²) >= 11 is 1.76. The van der Waals surface area contributed by atoms with Crippen molar-refractivity contribution in [2.24, 2.45) is 11.1 Å². The fraction of sp³-hybridized carbons (Fsp3) is 0.462. The molecule has 0 bridgehead atoms. The number of aromatic nitrogens is 1. The van der Waals surface area contributed by atoms with Gasteiger partial charge in [0.15, 0.2) is 0 Å². The van der Waals surface area contributed by atoms with Gasteiger partial charge in [-0.15, -0.1) is 11.3 Å². The van der Waals surface area contributed by atoms with Gasteiger partial charge in [0.2, 0.25) is 0 Å². The maximum absolute atomic E-state index is 5.66. The lowest BCUT2D eigenvalue weighted by molar-refractivity contribution is 0.501. The predicted molar refractivity (Wildman–Crippen MR) is 73.4 cm³/mol. The molecule has 4 heteroatoms. The Balaban J connectivity index is 1.75. The predicted octanol–water partition coefficient (Wildman–Crippen LogP) is 2.84. The SMILES string of the molecule is NCCC1(CNc2nccc3sccc23)CC1. The molecule has 2 aromatic rings. The van der Waals surface area contributed by atoms with E-state index in [1.165, 1.54) is 22.9 Å². The molecule has 0 aliphatic heterocycles. The Hall–Kier alpha value is -1.13. The Kier molecular flexibility index (Phi) is 2.76. The lowest BCUT2D eigenvalue weighted by Crippen LogP contribution is -2.19. The van der Waals surface area contributed by atoms with E-state index in [2.05, 4.69) is 27.8 Å². The summed E-state index contributed by atoms with van der Waals surface area (Å²) in [5.74, 6) is 1.02. The maximum Gasteiger partial charge on any atom is 0.134 e. The lowest BCUT2D eigenvalue weighted by atomic mass is 10.0. The van der Waals surface area contributed by atoms with Crippen molar-refractivity contribution in [3.8, 4) is 0 Å². The highest BCUT2D eigenvalue weighted by Crippen LogP contribution is 2.48. The number of pyridine rings is 1. The van der Waals surface area contributed by atoms with Gasteiger partial charge in [-0.25, -0.2) is 4.98 Å². The first-order chi connectivity index (χ1) is 8.33. The minimum Gasteiger partial charge on any atom is -0.369 e. The van der Waals surface area contributed by atoms with Crippen molar-refractivity contribution in [3.63, 3.8) is 0 Å². The number of anilines is 1. The van der Waals surface area contributed by atoms with Crippen molar-refractivity contribution >= 4 is 27.2 Å². The van der Waals surface area contributed by atoms with Crippen LogP contribution in [-0.4, -0.2) is 18.1 Å². The summed E-state index contributed by atoms with van der Waals surface area (Å²) in [6, 6.07) is 4.20. The summed E-state index contributed by atoms with van der Waals surface area (Å²) in [5.41, 5.74) is 6.11. The van der Waals surface area contributed by atoms with E-state index in [4.69, 9.17) is 5.73 Å². The van der Waals surface area contributed by atoms with E-state index >= 15 is 0 Å². The number of rotatable bonds is 5. The number of nitrogens with zero attached hydrogens (tertiary/aromatic N) is 1. The third kappa shape index (κ3) is 2.15. The number of nitrogens with two attached hydrogens (primary N) is 1. The molecule has 17 heavy (non-hydrogen) atoms. The fourth-order valence-corrected chi connectivity index (χ4v) is 3.09. The van der Waals surface area contributed by atoms with Crippen LogP contribution in [0.25, 0.3) is 10.1 Å². The van der Waals surface area contributed by atoms with Gasteiger partial charge in [-0.2, -0.15) is 0 Å². The van der Waals surface area contributed by atoms with Gasteiger partial charge in [0.25, 0.3) is 0 Å². The summed E-state index contributed by atoms with van der Waals surface area (Å²) in [7, 11) is 0. The third-order valence-corrected chi connectivity index (χ3v) is 4.52. The van der Waals surface area contributed by atoms with Crippen LogP contribution in [0.3, 0.4) is 0 Å². The van der Waals surface area contributed by atoms with Gasteiger partial charge in [0.05, 0.1) is 0 Å². The van der Waals surface area contributed by atoms with Gasteiger partial charge < -0.3 is 11.1 Å². The molecule has 0 unspecified atom stereocenters. The van der Waals surface area contributed by atoms with Crippen molar-refractivity contribution < 1.29 is 0 Å². The smallest absolute Gasteiger partial charge is 0.134 e. The van der Waals surface area contributed by atoms with E-state index in [0.717, 1.165) is 25.3 Å². The van der Waals surface area contributed by atoms with Crippen molar-refractivity contribution in [2.75, 3.05) is 18.4 Å². The lowest BCUT2D eigenvalue weighted by Gasteiger charge is -2.15. The number of hydrogen-bond acceptors (Lipinski definition) is 4. The first-order valence-electron chi connectivity index (χ1n) is 6.09. The van der Waals surface area contributed by atoms with Crippen molar-refractivity contribution in [1.29, 1.82) is 0 Å². The molecular weight excluding hydrogens is 230 g/mol. The third-order valence-electron chi connectivity index (χ3n) is 3.64. The largest absolute Gasteiger partial charge is 0.369 e. The van der Waals surface area contributed by atoms with Crippen LogP contribution in [0.2, 0.25) is 0 Å². The van der Waals surface area contributed by atoms with Gasteiger partial charge in [-0.1, -0.05) is 0 Å². The van der Waals surface area contributed by atoms with Crippen molar-refractivity contribution in [2.45, 2.75) is 19.3 Å². The number of hydrogen-bond donors (Lipinski definition) is 2. The van der Waals surface area contributed by atoms with Crippen LogP contribution in [0.15, 0.2) is 23.7 Å². The highest BCUT2D eigenvalue weighted by atomic mass is 32.1. The van der Waals surface area contributed by atoms with E-state index in [1.807, 2.05) is 6.20 Å². The molecule has 0 atom stereocenters. The van der Waals surface area contributed by atoms with E-state index < -0.39 is 0 Å². The number of thiophene rings is 1. The molecule has 2 heterocycles. The molecular formula is C13H17N3S. The first kappa shape index (κ1) is 11.0. The van der Waals surface area contributed by atoms with Gasteiger partial charge in [0, 0.05) is 22.8 Å². The average molecular weight is 247 g/mol. The molecule has 0 spiro atoms. The highest BCUT2D eigenvalue weighted by Gasteiger charge is 2.41. The van der Waals surface area contributed by atoms with Gasteiger partial charge in [0.1, 0.15) is 5.82 Å². The van der Waals surface area contributed by atoms with Crippen LogP contribution in [0.1, 0.15) is 19.3 Å². The zero-order valence-electron chi connectivity index (χ0n) is 9.78. The van der Waals surface area contributed by atoms with Crippen molar-refractivity contribution in [1.82, 2.24) is 4.98 Å². The molecule has 3 N–H and O–H groups in total. The molecule has 0 aromatic carbocycles. The van der Waals surface area contributed by atoms with Crippen LogP contribution < -0.4 is 11.1 Å². The van der Waals surface area contributed by atoms with Gasteiger partial charge >= 0.3 is 0 Å². The standard InChI is InChI=1S/C13H17N3S/c14-6-5-13(3-4-13)9-16-12-10-2-8-17-11(10)1-7-15-12/h1-2,7-8H,3-6,9,14H2,(H,15,16). The Labute approximate surface area is 105 Å². The normalized spacial score (nSPS) is 17.2. The molecule has 3 nitrogen and oxygen atoms in total. The van der Waals surface area contributed by atoms with Crippen LogP contribution in [0.5, 0.6) is 0 Å². The van der Waals surface area contributed by atoms with Crippen LogP contribution in [0, 0.1) is 5.41 Å². The highest BCUT2D eigenvalue weighted by molar-refractivity contribution is 7.17.